The number of fused-ring (bicyclic) bond motifs is 2. The van der Waals surface area contributed by atoms with Gasteiger partial charge < -0.3 is 14.5 Å². The van der Waals surface area contributed by atoms with Crippen LogP contribution in [0.1, 0.15) is 19.3 Å². The summed E-state index contributed by atoms with van der Waals surface area (Å²) in [6.45, 7) is 4.09. The monoisotopic (exact) mass is 453 g/mol. The molecule has 1 aliphatic rings. The lowest BCUT2D eigenvalue weighted by Gasteiger charge is -2.26. The number of furan rings is 1. The Kier molecular flexibility index (Phi) is 5.61. The van der Waals surface area contributed by atoms with Gasteiger partial charge in [0, 0.05) is 23.2 Å². The molecule has 2 aromatic carbocycles. The summed E-state index contributed by atoms with van der Waals surface area (Å²) < 4.78 is 13.3. The smallest absolute Gasteiger partial charge is 0.247 e. The first-order valence-corrected chi connectivity index (χ1v) is 11.9. The molecule has 1 aliphatic heterocycles. The van der Waals surface area contributed by atoms with Crippen molar-refractivity contribution < 1.29 is 9.15 Å². The Morgan fingerprint density at radius 3 is 2.71 bits per heavy atom. The lowest BCUT2D eigenvalue weighted by atomic mass is 10.1. The zero-order chi connectivity index (χ0) is 22.7. The third kappa shape index (κ3) is 4.34. The van der Waals surface area contributed by atoms with Crippen molar-refractivity contribution in [2.24, 2.45) is 0 Å². The Labute approximate surface area is 198 Å². The highest BCUT2D eigenvalue weighted by Gasteiger charge is 2.11. The van der Waals surface area contributed by atoms with E-state index >= 15 is 0 Å². The van der Waals surface area contributed by atoms with Gasteiger partial charge in [0.15, 0.2) is 5.65 Å². The van der Waals surface area contributed by atoms with E-state index in [-0.39, 0.29) is 0 Å². The Morgan fingerprint density at radius 2 is 1.82 bits per heavy atom. The molecular formula is C27H27N5O2. The molecule has 1 fully saturated rings. The van der Waals surface area contributed by atoms with Crippen LogP contribution in [0.5, 0.6) is 5.75 Å². The van der Waals surface area contributed by atoms with E-state index in [1.165, 1.54) is 32.4 Å². The second-order valence-electron chi connectivity index (χ2n) is 8.69. The molecule has 6 rings (SSSR count). The largest absolute Gasteiger partial charge is 0.492 e. The van der Waals surface area contributed by atoms with E-state index in [0.717, 1.165) is 45.9 Å². The van der Waals surface area contributed by atoms with E-state index in [0.29, 0.717) is 12.6 Å². The summed E-state index contributed by atoms with van der Waals surface area (Å²) in [5.41, 5.74) is 4.60. The van der Waals surface area contributed by atoms with Gasteiger partial charge in [0.2, 0.25) is 5.95 Å². The van der Waals surface area contributed by atoms with Gasteiger partial charge in [0.1, 0.15) is 17.9 Å². The molecule has 0 bridgehead atoms. The molecule has 4 heterocycles. The van der Waals surface area contributed by atoms with Crippen molar-refractivity contribution in [2.75, 3.05) is 31.6 Å². The molecule has 0 spiro atoms. The molecule has 0 unspecified atom stereocenters. The minimum absolute atomic E-state index is 0.551. The van der Waals surface area contributed by atoms with Gasteiger partial charge in [-0.2, -0.15) is 4.98 Å². The Bertz CT molecular complexity index is 1400. The predicted octanol–water partition coefficient (Wildman–Crippen LogP) is 5.75. The number of pyridine rings is 1. The van der Waals surface area contributed by atoms with Gasteiger partial charge >= 0.3 is 0 Å². The first kappa shape index (κ1) is 20.7. The molecule has 3 aromatic heterocycles. The van der Waals surface area contributed by atoms with Crippen molar-refractivity contribution in [2.45, 2.75) is 19.3 Å². The number of ether oxygens (including phenoxy) is 1. The maximum atomic E-state index is 5.94. The maximum absolute atomic E-state index is 5.94. The number of aromatic nitrogens is 3. The van der Waals surface area contributed by atoms with Gasteiger partial charge in [-0.25, -0.2) is 4.52 Å². The van der Waals surface area contributed by atoms with E-state index in [4.69, 9.17) is 14.3 Å². The number of hydrogen-bond acceptors (Lipinski definition) is 6. The summed E-state index contributed by atoms with van der Waals surface area (Å²) in [5, 5.41) is 9.08. The highest BCUT2D eigenvalue weighted by atomic mass is 16.5. The van der Waals surface area contributed by atoms with Crippen molar-refractivity contribution in [3.63, 3.8) is 0 Å². The lowest BCUT2D eigenvalue weighted by Crippen LogP contribution is -2.33. The topological polar surface area (TPSA) is 67.8 Å². The van der Waals surface area contributed by atoms with Crippen molar-refractivity contribution >= 4 is 28.3 Å². The quantitative estimate of drug-likeness (QED) is 0.338. The first-order valence-electron chi connectivity index (χ1n) is 11.9. The van der Waals surface area contributed by atoms with E-state index in [9.17, 15) is 0 Å². The maximum Gasteiger partial charge on any atom is 0.247 e. The summed E-state index contributed by atoms with van der Waals surface area (Å²) in [5.74, 6) is 1.43. The molecular weight excluding hydrogens is 426 g/mol. The molecule has 172 valence electrons. The van der Waals surface area contributed by atoms with Crippen LogP contribution < -0.4 is 10.1 Å². The molecule has 5 aromatic rings. The van der Waals surface area contributed by atoms with Gasteiger partial charge in [-0.15, -0.1) is 5.10 Å². The van der Waals surface area contributed by atoms with Crippen LogP contribution in [0.4, 0.5) is 11.6 Å². The van der Waals surface area contributed by atoms with Gasteiger partial charge in [0.25, 0.3) is 0 Å². The van der Waals surface area contributed by atoms with Crippen molar-refractivity contribution in [3.05, 3.63) is 73.0 Å². The van der Waals surface area contributed by atoms with Crippen molar-refractivity contribution in [1.82, 2.24) is 19.5 Å². The normalized spacial score (nSPS) is 14.6. The van der Waals surface area contributed by atoms with Gasteiger partial charge in [0.05, 0.1) is 12.0 Å². The predicted molar refractivity (Wildman–Crippen MR) is 134 cm³/mol. The molecule has 0 atom stereocenters. The Morgan fingerprint density at radius 1 is 0.941 bits per heavy atom. The van der Waals surface area contributed by atoms with Crippen LogP contribution in [-0.4, -0.2) is 45.7 Å². The highest BCUT2D eigenvalue weighted by Crippen LogP contribution is 2.26. The Balaban J connectivity index is 1.15. The van der Waals surface area contributed by atoms with E-state index in [1.54, 1.807) is 6.26 Å². The number of hydrogen-bond donors (Lipinski definition) is 1. The molecule has 1 saturated heterocycles. The molecule has 0 radical (unpaired) electrons. The zero-order valence-corrected chi connectivity index (χ0v) is 19.0. The van der Waals surface area contributed by atoms with Crippen LogP contribution in [0.15, 0.2) is 77.4 Å². The first-order chi connectivity index (χ1) is 16.8. The molecule has 0 aliphatic carbocycles. The second kappa shape index (κ2) is 9.19. The number of benzene rings is 2. The highest BCUT2D eigenvalue weighted by molar-refractivity contribution is 5.83. The lowest BCUT2D eigenvalue weighted by molar-refractivity contribution is 0.183. The molecule has 7 nitrogen and oxygen atoms in total. The SMILES string of the molecule is c1cc(-c2ccc3occc3c2)n2nc(Nc3ccc(OCCN4CCCCC4)cc3)nc2c1. The Hall–Kier alpha value is -3.84. The average molecular weight is 454 g/mol. The van der Waals surface area contributed by atoms with Crippen LogP contribution in [0.25, 0.3) is 27.9 Å². The fraction of sp³-hybridized carbons (Fsp3) is 0.259. The van der Waals surface area contributed by atoms with Gasteiger partial charge in [-0.1, -0.05) is 12.5 Å². The van der Waals surface area contributed by atoms with Crippen molar-refractivity contribution in [3.8, 4) is 17.0 Å². The molecule has 7 heteroatoms. The summed E-state index contributed by atoms with van der Waals surface area (Å²) in [4.78, 5) is 7.14. The number of nitrogens with zero attached hydrogens (tertiary/aromatic N) is 4. The third-order valence-electron chi connectivity index (χ3n) is 6.34. The van der Waals surface area contributed by atoms with Gasteiger partial charge in [-0.05, 0) is 86.6 Å². The minimum atomic E-state index is 0.551. The van der Waals surface area contributed by atoms with Crippen molar-refractivity contribution in [1.29, 1.82) is 0 Å². The molecule has 1 N–H and O–H groups in total. The fourth-order valence-electron chi connectivity index (χ4n) is 4.54. The van der Waals surface area contributed by atoms with Crippen LogP contribution in [-0.2, 0) is 0 Å². The van der Waals surface area contributed by atoms with E-state index in [2.05, 4.69) is 21.3 Å². The molecule has 34 heavy (non-hydrogen) atoms. The third-order valence-corrected chi connectivity index (χ3v) is 6.34. The number of rotatable bonds is 7. The van der Waals surface area contributed by atoms with Gasteiger partial charge in [-0.3, -0.25) is 4.90 Å². The summed E-state index contributed by atoms with van der Waals surface area (Å²) in [6.07, 6.45) is 5.67. The average Bonchev–Trinajstić information content (AvgIpc) is 3.51. The number of piperidine rings is 1. The summed E-state index contributed by atoms with van der Waals surface area (Å²) in [7, 11) is 0. The number of likely N-dealkylation sites (tertiary alicyclic amines) is 1. The summed E-state index contributed by atoms with van der Waals surface area (Å²) in [6, 6.07) is 22.1. The van der Waals surface area contributed by atoms with Crippen LogP contribution in [0.3, 0.4) is 0 Å². The van der Waals surface area contributed by atoms with Crippen LogP contribution in [0.2, 0.25) is 0 Å². The number of anilines is 2. The standard InChI is InChI=1S/C27H27N5O2/c1-2-14-31(15-3-1)16-18-33-23-10-8-22(9-11-23)28-27-29-26-6-4-5-24(32(26)30-27)20-7-12-25-21(19-20)13-17-34-25/h4-13,17,19H,1-3,14-16,18H2,(H,28,30). The van der Waals surface area contributed by atoms with E-state index < -0.39 is 0 Å². The summed E-state index contributed by atoms with van der Waals surface area (Å²) >= 11 is 0. The van der Waals surface area contributed by atoms with E-state index in [1.807, 2.05) is 65.2 Å². The minimum Gasteiger partial charge on any atom is -0.492 e. The molecule has 0 amide bonds. The second-order valence-corrected chi connectivity index (χ2v) is 8.69. The molecule has 0 saturated carbocycles. The fourth-order valence-corrected chi connectivity index (χ4v) is 4.54. The number of nitrogens with one attached hydrogen (secondary N) is 1. The van der Waals surface area contributed by atoms with Crippen LogP contribution >= 0.6 is 0 Å². The van der Waals surface area contributed by atoms with Crippen LogP contribution in [0, 0.1) is 0 Å². The zero-order valence-electron chi connectivity index (χ0n) is 19.0.